The number of carboxylic acids is 1. The molecule has 26 heavy (non-hydrogen) atoms. The minimum Gasteiger partial charge on any atom is -0.479 e. The molecule has 3 atom stereocenters. The average molecular weight is 357 g/mol. The molecule has 2 N–H and O–H groups in total. The topological polar surface area (TPSA) is 84.9 Å². The van der Waals surface area contributed by atoms with E-state index in [9.17, 15) is 14.7 Å². The van der Waals surface area contributed by atoms with Crippen molar-refractivity contribution in [3.63, 3.8) is 0 Å². The summed E-state index contributed by atoms with van der Waals surface area (Å²) in [5, 5.41) is 12.5. The summed E-state index contributed by atoms with van der Waals surface area (Å²) in [5.74, 6) is -1.56. The van der Waals surface area contributed by atoms with Gasteiger partial charge in [0.15, 0.2) is 12.4 Å². The van der Waals surface area contributed by atoms with Crippen molar-refractivity contribution in [2.45, 2.75) is 32.3 Å². The van der Waals surface area contributed by atoms with E-state index in [1.54, 1.807) is 68.4 Å². The number of carbonyl (C=O) groups excluding carboxylic acids is 1. The lowest BCUT2D eigenvalue weighted by Gasteiger charge is -2.28. The van der Waals surface area contributed by atoms with E-state index in [1.165, 1.54) is 0 Å². The number of rotatable bonds is 9. The van der Waals surface area contributed by atoms with Gasteiger partial charge >= 0.3 is 5.97 Å². The second-order valence-electron chi connectivity index (χ2n) is 5.65. The quantitative estimate of drug-likeness (QED) is 0.674. The number of carbonyl (C=O) groups is 2. The summed E-state index contributed by atoms with van der Waals surface area (Å²) >= 11 is 0. The van der Waals surface area contributed by atoms with Crippen LogP contribution in [0.5, 0.6) is 0 Å². The first kappa shape index (κ1) is 19.6. The molecule has 0 aliphatic heterocycles. The fourth-order valence-corrected chi connectivity index (χ4v) is 2.57. The summed E-state index contributed by atoms with van der Waals surface area (Å²) in [4.78, 5) is 24.4. The molecule has 6 heteroatoms. The van der Waals surface area contributed by atoms with Crippen LogP contribution < -0.4 is 5.32 Å². The molecule has 2 aromatic carbocycles. The Labute approximate surface area is 152 Å². The van der Waals surface area contributed by atoms with Crippen LogP contribution in [0.4, 0.5) is 0 Å². The van der Waals surface area contributed by atoms with Crippen molar-refractivity contribution in [1.29, 1.82) is 0 Å². The third-order valence-corrected chi connectivity index (χ3v) is 3.77. The van der Waals surface area contributed by atoms with Gasteiger partial charge in [0.1, 0.15) is 0 Å². The molecule has 0 aliphatic rings. The number of hydrogen-bond donors (Lipinski definition) is 2. The molecule has 0 spiro atoms. The van der Waals surface area contributed by atoms with Crippen molar-refractivity contribution in [2.75, 3.05) is 6.61 Å². The first-order valence-corrected chi connectivity index (χ1v) is 8.43. The molecule has 1 amide bonds. The van der Waals surface area contributed by atoms with E-state index in [-0.39, 0.29) is 5.91 Å². The van der Waals surface area contributed by atoms with E-state index in [2.05, 4.69) is 5.32 Å². The number of ether oxygens (including phenoxy) is 2. The van der Waals surface area contributed by atoms with E-state index in [0.29, 0.717) is 17.7 Å². The van der Waals surface area contributed by atoms with Crippen molar-refractivity contribution in [3.8, 4) is 0 Å². The molecule has 0 bridgehead atoms. The van der Waals surface area contributed by atoms with Gasteiger partial charge in [-0.3, -0.25) is 4.79 Å². The van der Waals surface area contributed by atoms with Gasteiger partial charge in [0.25, 0.3) is 5.91 Å². The summed E-state index contributed by atoms with van der Waals surface area (Å²) < 4.78 is 10.9. The van der Waals surface area contributed by atoms with Crippen LogP contribution in [0.3, 0.4) is 0 Å². The maximum atomic E-state index is 12.6. The first-order valence-electron chi connectivity index (χ1n) is 8.43. The summed E-state index contributed by atoms with van der Waals surface area (Å²) in [6.07, 6.45) is -2.02. The number of nitrogens with one attached hydrogen (secondary N) is 1. The van der Waals surface area contributed by atoms with E-state index in [4.69, 9.17) is 9.47 Å². The number of aliphatic carboxylic acids is 1. The second-order valence-corrected chi connectivity index (χ2v) is 5.65. The number of carboxylic acid groups (broad SMARTS) is 1. The maximum Gasteiger partial charge on any atom is 0.335 e. The zero-order valence-electron chi connectivity index (χ0n) is 14.8. The Morgan fingerprint density at radius 2 is 1.62 bits per heavy atom. The SMILES string of the molecule is CCOC(C)O[C@@H](C(=O)O)C(NC(=O)c1ccccc1)c1ccccc1. The Balaban J connectivity index is 2.30. The number of hydrogen-bond acceptors (Lipinski definition) is 4. The minimum atomic E-state index is -1.30. The van der Waals surface area contributed by atoms with E-state index >= 15 is 0 Å². The highest BCUT2D eigenvalue weighted by Crippen LogP contribution is 2.22. The molecule has 0 fully saturated rings. The number of benzene rings is 2. The lowest BCUT2D eigenvalue weighted by atomic mass is 10.0. The lowest BCUT2D eigenvalue weighted by molar-refractivity contribution is -0.187. The van der Waals surface area contributed by atoms with Gasteiger partial charge < -0.3 is 19.9 Å². The highest BCUT2D eigenvalue weighted by molar-refractivity contribution is 5.94. The van der Waals surface area contributed by atoms with Crippen molar-refractivity contribution < 1.29 is 24.2 Å². The van der Waals surface area contributed by atoms with E-state index < -0.39 is 24.4 Å². The van der Waals surface area contributed by atoms with Crippen molar-refractivity contribution in [2.24, 2.45) is 0 Å². The van der Waals surface area contributed by atoms with Gasteiger partial charge in [0.05, 0.1) is 6.04 Å². The molecule has 6 nitrogen and oxygen atoms in total. The van der Waals surface area contributed by atoms with Crippen LogP contribution in [0.15, 0.2) is 60.7 Å². The molecule has 0 saturated carbocycles. The Morgan fingerprint density at radius 1 is 1.04 bits per heavy atom. The maximum absolute atomic E-state index is 12.6. The van der Waals surface area contributed by atoms with Crippen LogP contribution in [0.1, 0.15) is 35.8 Å². The van der Waals surface area contributed by atoms with Crippen LogP contribution >= 0.6 is 0 Å². The van der Waals surface area contributed by atoms with E-state index in [1.807, 2.05) is 6.07 Å². The normalized spacial score (nSPS) is 14.2. The van der Waals surface area contributed by atoms with Gasteiger partial charge in [-0.1, -0.05) is 48.5 Å². The third kappa shape index (κ3) is 5.40. The summed E-state index contributed by atoms with van der Waals surface area (Å²) in [6.45, 7) is 3.81. The van der Waals surface area contributed by atoms with Gasteiger partial charge in [0, 0.05) is 12.2 Å². The van der Waals surface area contributed by atoms with Crippen LogP contribution in [0, 0.1) is 0 Å². The zero-order valence-corrected chi connectivity index (χ0v) is 14.8. The predicted octanol–water partition coefficient (Wildman–Crippen LogP) is 3.01. The highest BCUT2D eigenvalue weighted by atomic mass is 16.7. The van der Waals surface area contributed by atoms with Gasteiger partial charge in [-0.05, 0) is 31.5 Å². The molecule has 2 unspecified atom stereocenters. The van der Waals surface area contributed by atoms with Gasteiger partial charge in [-0.15, -0.1) is 0 Å². The van der Waals surface area contributed by atoms with Crippen LogP contribution in [-0.4, -0.2) is 36.0 Å². The number of amides is 1. The molecule has 0 radical (unpaired) electrons. The second kappa shape index (κ2) is 9.70. The fraction of sp³-hybridized carbons (Fsp3) is 0.300. The third-order valence-electron chi connectivity index (χ3n) is 3.77. The summed E-state index contributed by atoms with van der Waals surface area (Å²) in [5.41, 5.74) is 1.07. The Morgan fingerprint density at radius 3 is 2.15 bits per heavy atom. The van der Waals surface area contributed by atoms with Crippen molar-refractivity contribution in [3.05, 3.63) is 71.8 Å². The van der Waals surface area contributed by atoms with Crippen LogP contribution in [0.2, 0.25) is 0 Å². The van der Waals surface area contributed by atoms with Gasteiger partial charge in [0.2, 0.25) is 0 Å². The smallest absolute Gasteiger partial charge is 0.335 e. The Kier molecular flexibility index (Phi) is 7.32. The molecule has 138 valence electrons. The summed E-state index contributed by atoms with van der Waals surface area (Å²) in [7, 11) is 0. The monoisotopic (exact) mass is 357 g/mol. The predicted molar refractivity (Wildman–Crippen MR) is 96.7 cm³/mol. The molecule has 2 rings (SSSR count). The highest BCUT2D eigenvalue weighted by Gasteiger charge is 2.33. The molecule has 0 aromatic heterocycles. The molecule has 2 aromatic rings. The summed E-state index contributed by atoms with van der Waals surface area (Å²) in [6, 6.07) is 16.6. The largest absolute Gasteiger partial charge is 0.479 e. The standard InChI is InChI=1S/C20H23NO5/c1-3-25-14(2)26-18(20(23)24)17(15-10-6-4-7-11-15)21-19(22)16-12-8-5-9-13-16/h4-14,17-18H,3H2,1-2H3,(H,21,22)(H,23,24)/t14?,17?,18-/m1/s1. The fourth-order valence-electron chi connectivity index (χ4n) is 2.57. The minimum absolute atomic E-state index is 0.377. The van der Waals surface area contributed by atoms with Crippen molar-refractivity contribution in [1.82, 2.24) is 5.32 Å². The Hall–Kier alpha value is -2.70. The van der Waals surface area contributed by atoms with Crippen LogP contribution in [-0.2, 0) is 14.3 Å². The zero-order chi connectivity index (χ0) is 18.9. The molecule has 0 saturated heterocycles. The molecule has 0 aliphatic carbocycles. The molecule has 0 heterocycles. The first-order chi connectivity index (χ1) is 12.5. The van der Waals surface area contributed by atoms with Gasteiger partial charge in [-0.25, -0.2) is 4.79 Å². The van der Waals surface area contributed by atoms with Crippen molar-refractivity contribution >= 4 is 11.9 Å². The average Bonchev–Trinajstić information content (AvgIpc) is 2.66. The lowest BCUT2D eigenvalue weighted by Crippen LogP contribution is -2.43. The Bertz CT molecular complexity index is 705. The van der Waals surface area contributed by atoms with E-state index in [0.717, 1.165) is 0 Å². The van der Waals surface area contributed by atoms with Gasteiger partial charge in [-0.2, -0.15) is 0 Å². The molecular formula is C20H23NO5. The van der Waals surface area contributed by atoms with Crippen LogP contribution in [0.25, 0.3) is 0 Å². The molecular weight excluding hydrogens is 334 g/mol.